The second-order valence-electron chi connectivity index (χ2n) is 5.42. The summed E-state index contributed by atoms with van der Waals surface area (Å²) in [5.74, 6) is -0.104. The lowest BCUT2D eigenvalue weighted by Crippen LogP contribution is -2.50. The number of morpholine rings is 1. The number of aromatic nitrogens is 3. The molecule has 2 atom stereocenters. The van der Waals surface area contributed by atoms with Gasteiger partial charge in [0.1, 0.15) is 11.0 Å². The maximum absolute atomic E-state index is 12.2. The van der Waals surface area contributed by atoms with Crippen molar-refractivity contribution in [1.29, 1.82) is 0 Å². The van der Waals surface area contributed by atoms with Gasteiger partial charge in [-0.1, -0.05) is 16.4 Å². The van der Waals surface area contributed by atoms with E-state index in [-0.39, 0.29) is 24.7 Å². The van der Waals surface area contributed by atoms with Crippen molar-refractivity contribution in [2.75, 3.05) is 19.7 Å². The summed E-state index contributed by atoms with van der Waals surface area (Å²) in [5.41, 5.74) is 1.29. The van der Waals surface area contributed by atoms with Crippen LogP contribution >= 0.6 is 11.6 Å². The molecule has 2 aromatic rings. The predicted molar refractivity (Wildman–Crippen MR) is 80.6 cm³/mol. The summed E-state index contributed by atoms with van der Waals surface area (Å²) in [6, 6.07) is 5.17. The summed E-state index contributed by atoms with van der Waals surface area (Å²) in [6.45, 7) is 4.92. The number of carbonyl (C=O) groups excluding carboxylic acids is 1. The van der Waals surface area contributed by atoms with Crippen LogP contribution in [0.4, 0.5) is 0 Å². The van der Waals surface area contributed by atoms with E-state index in [0.29, 0.717) is 29.1 Å². The zero-order valence-corrected chi connectivity index (χ0v) is 13.2. The Bertz CT molecular complexity index is 680. The van der Waals surface area contributed by atoms with Crippen LogP contribution in [0.5, 0.6) is 0 Å². The van der Waals surface area contributed by atoms with Crippen molar-refractivity contribution < 1.29 is 14.4 Å². The molecule has 22 heavy (non-hydrogen) atoms. The fraction of sp³-hybridized carbons (Fsp3) is 0.500. The highest BCUT2D eigenvalue weighted by atomic mass is 35.5. The van der Waals surface area contributed by atoms with Gasteiger partial charge in [0.05, 0.1) is 12.2 Å². The number of hydrogen-bond acceptors (Lipinski definition) is 5. The largest absolute Gasteiger partial charge is 0.385 e. The zero-order valence-electron chi connectivity index (χ0n) is 12.4. The number of halogens is 1. The second kappa shape index (κ2) is 6.10. The molecular weight excluding hydrogens is 308 g/mol. The zero-order chi connectivity index (χ0) is 15.7. The van der Waals surface area contributed by atoms with E-state index < -0.39 is 0 Å². The third-order valence-electron chi connectivity index (χ3n) is 3.46. The Morgan fingerprint density at radius 3 is 2.86 bits per heavy atom. The first kappa shape index (κ1) is 15.1. The van der Waals surface area contributed by atoms with E-state index in [4.69, 9.17) is 21.2 Å². The number of amides is 1. The minimum atomic E-state index is -0.107. The van der Waals surface area contributed by atoms with Crippen LogP contribution in [0, 0.1) is 0 Å². The number of nitrogens with zero attached hydrogens (tertiary/aromatic N) is 4. The van der Waals surface area contributed by atoms with E-state index in [0.717, 1.165) is 0 Å². The van der Waals surface area contributed by atoms with Crippen LogP contribution in [-0.4, -0.2) is 57.9 Å². The van der Waals surface area contributed by atoms with Gasteiger partial charge in [-0.15, -0.1) is 5.10 Å². The van der Waals surface area contributed by atoms with Crippen molar-refractivity contribution in [3.63, 3.8) is 0 Å². The molecule has 1 aliphatic heterocycles. The van der Waals surface area contributed by atoms with Crippen LogP contribution in [0.3, 0.4) is 0 Å². The fourth-order valence-electron chi connectivity index (χ4n) is 2.56. The summed E-state index contributed by atoms with van der Waals surface area (Å²) in [5, 5.41) is 8.39. The molecule has 1 aromatic carbocycles. The Morgan fingerprint density at radius 2 is 2.14 bits per heavy atom. The molecule has 1 aliphatic rings. The van der Waals surface area contributed by atoms with Crippen LogP contribution in [0.25, 0.3) is 11.0 Å². The van der Waals surface area contributed by atoms with Gasteiger partial charge in [-0.05, 0) is 37.3 Å². The first-order chi connectivity index (χ1) is 10.5. The lowest BCUT2D eigenvalue weighted by molar-refractivity contribution is -0.148. The first-order valence-electron chi connectivity index (χ1n) is 7.10. The quantitative estimate of drug-likeness (QED) is 0.847. The maximum Gasteiger partial charge on any atom is 0.263 e. The van der Waals surface area contributed by atoms with E-state index >= 15 is 0 Å². The fourth-order valence-corrected chi connectivity index (χ4v) is 2.72. The standard InChI is InChI=1S/C14H17ClN4O3/c1-9-6-18(7-10(2)22-9)14(20)8-21-19-13-5-11(15)3-4-12(13)16-17-19/h3-5,9-10H,6-8H2,1-2H3. The summed E-state index contributed by atoms with van der Waals surface area (Å²) in [4.78, 5) is 20.7. The molecule has 7 nitrogen and oxygen atoms in total. The summed E-state index contributed by atoms with van der Waals surface area (Å²) in [6.07, 6.45) is 0.0532. The number of hydrogen-bond donors (Lipinski definition) is 0. The molecule has 0 N–H and O–H groups in total. The van der Waals surface area contributed by atoms with E-state index in [1.165, 1.54) is 4.85 Å². The van der Waals surface area contributed by atoms with Crippen molar-refractivity contribution >= 4 is 28.5 Å². The molecule has 0 radical (unpaired) electrons. The molecule has 0 spiro atoms. The van der Waals surface area contributed by atoms with Crippen molar-refractivity contribution in [1.82, 2.24) is 20.1 Å². The molecule has 1 saturated heterocycles. The van der Waals surface area contributed by atoms with Crippen LogP contribution < -0.4 is 4.84 Å². The van der Waals surface area contributed by atoms with Crippen molar-refractivity contribution in [3.05, 3.63) is 23.2 Å². The molecule has 0 saturated carbocycles. The molecule has 118 valence electrons. The molecule has 0 bridgehead atoms. The minimum absolute atomic E-state index is 0.0266. The highest BCUT2D eigenvalue weighted by Crippen LogP contribution is 2.16. The van der Waals surface area contributed by atoms with E-state index in [1.54, 1.807) is 23.1 Å². The van der Waals surface area contributed by atoms with Gasteiger partial charge in [-0.25, -0.2) is 0 Å². The summed E-state index contributed by atoms with van der Waals surface area (Å²) < 4.78 is 5.61. The lowest BCUT2D eigenvalue weighted by Gasteiger charge is -2.35. The van der Waals surface area contributed by atoms with Crippen molar-refractivity contribution in [2.45, 2.75) is 26.1 Å². The lowest BCUT2D eigenvalue weighted by atomic mass is 10.2. The number of benzene rings is 1. The summed E-state index contributed by atoms with van der Waals surface area (Å²) in [7, 11) is 0. The average Bonchev–Trinajstić information content (AvgIpc) is 2.86. The third kappa shape index (κ3) is 3.15. The number of rotatable bonds is 3. The highest BCUT2D eigenvalue weighted by Gasteiger charge is 2.26. The number of fused-ring (bicyclic) bond motifs is 1. The van der Waals surface area contributed by atoms with Crippen molar-refractivity contribution in [3.8, 4) is 0 Å². The molecule has 2 heterocycles. The Hall–Kier alpha value is -1.86. The second-order valence-corrected chi connectivity index (χ2v) is 5.86. The molecule has 0 aliphatic carbocycles. The van der Waals surface area contributed by atoms with Gasteiger partial charge in [0.15, 0.2) is 6.61 Å². The molecule has 3 rings (SSSR count). The monoisotopic (exact) mass is 324 g/mol. The van der Waals surface area contributed by atoms with Gasteiger partial charge in [0.2, 0.25) is 0 Å². The predicted octanol–water partition coefficient (Wildman–Crippen LogP) is 1.15. The Kier molecular flexibility index (Phi) is 4.17. The number of ether oxygens (including phenoxy) is 1. The summed E-state index contributed by atoms with van der Waals surface area (Å²) >= 11 is 5.95. The maximum atomic E-state index is 12.2. The highest BCUT2D eigenvalue weighted by molar-refractivity contribution is 6.31. The molecular formula is C14H17ClN4O3. The van der Waals surface area contributed by atoms with E-state index in [9.17, 15) is 4.79 Å². The van der Waals surface area contributed by atoms with Gasteiger partial charge < -0.3 is 14.5 Å². The number of carbonyl (C=O) groups is 1. The van der Waals surface area contributed by atoms with Crippen LogP contribution in [0.2, 0.25) is 5.02 Å². The van der Waals surface area contributed by atoms with E-state index in [1.807, 2.05) is 13.8 Å². The first-order valence-corrected chi connectivity index (χ1v) is 7.48. The molecule has 1 amide bonds. The van der Waals surface area contributed by atoms with Gasteiger partial charge >= 0.3 is 0 Å². The van der Waals surface area contributed by atoms with Crippen LogP contribution in [0.15, 0.2) is 18.2 Å². The van der Waals surface area contributed by atoms with Gasteiger partial charge in [-0.3, -0.25) is 4.79 Å². The smallest absolute Gasteiger partial charge is 0.263 e. The Morgan fingerprint density at radius 1 is 1.41 bits per heavy atom. The van der Waals surface area contributed by atoms with E-state index in [2.05, 4.69) is 10.3 Å². The Balaban J connectivity index is 1.66. The molecule has 1 aromatic heterocycles. The van der Waals surface area contributed by atoms with Crippen molar-refractivity contribution in [2.24, 2.45) is 0 Å². The van der Waals surface area contributed by atoms with Gasteiger partial charge in [0, 0.05) is 18.1 Å². The Labute approximate surface area is 132 Å². The topological polar surface area (TPSA) is 69.5 Å². The normalized spacial score (nSPS) is 22.0. The van der Waals surface area contributed by atoms with Crippen LogP contribution in [-0.2, 0) is 9.53 Å². The van der Waals surface area contributed by atoms with Crippen LogP contribution in [0.1, 0.15) is 13.8 Å². The average molecular weight is 325 g/mol. The minimum Gasteiger partial charge on any atom is -0.385 e. The molecule has 2 unspecified atom stereocenters. The molecule has 8 heteroatoms. The van der Waals surface area contributed by atoms with Gasteiger partial charge in [0.25, 0.3) is 5.91 Å². The van der Waals surface area contributed by atoms with Gasteiger partial charge in [-0.2, -0.15) is 0 Å². The third-order valence-corrected chi connectivity index (χ3v) is 3.69. The molecule has 1 fully saturated rings. The SMILES string of the molecule is CC1CN(C(=O)COn2nnc3ccc(Cl)cc32)CC(C)O1.